The molecule has 0 atom stereocenters. The number of carbonyl (C=O) groups excluding carboxylic acids is 1. The highest BCUT2D eigenvalue weighted by molar-refractivity contribution is 7.89. The average molecular weight is 484 g/mol. The summed E-state index contributed by atoms with van der Waals surface area (Å²) in [4.78, 5) is 19.8. The van der Waals surface area contributed by atoms with Crippen LogP contribution in [0.4, 0.5) is 5.13 Å². The van der Waals surface area contributed by atoms with Gasteiger partial charge in [0.1, 0.15) is 5.76 Å². The van der Waals surface area contributed by atoms with Crippen LogP contribution in [-0.4, -0.2) is 49.9 Å². The molecule has 0 saturated carbocycles. The number of amides is 1. The van der Waals surface area contributed by atoms with E-state index in [1.165, 1.54) is 39.9 Å². The Morgan fingerprint density at radius 3 is 2.48 bits per heavy atom. The van der Waals surface area contributed by atoms with E-state index in [-0.39, 0.29) is 17.3 Å². The molecular formula is C23H21N3O5S2. The van der Waals surface area contributed by atoms with Crippen LogP contribution in [0.1, 0.15) is 16.1 Å². The first-order chi connectivity index (χ1) is 16.0. The summed E-state index contributed by atoms with van der Waals surface area (Å²) in [7, 11) is -3.63. The number of para-hydroxylation sites is 1. The Hall–Kier alpha value is -3.05. The first-order valence-corrected chi connectivity index (χ1v) is 12.7. The Balaban J connectivity index is 1.45. The zero-order chi connectivity index (χ0) is 22.8. The van der Waals surface area contributed by atoms with Crippen LogP contribution < -0.4 is 4.90 Å². The number of sulfonamides is 1. The Labute approximate surface area is 195 Å². The number of fused-ring (bicyclic) bond motifs is 1. The zero-order valence-electron chi connectivity index (χ0n) is 17.6. The number of furan rings is 1. The number of ether oxygens (including phenoxy) is 1. The third kappa shape index (κ3) is 4.42. The summed E-state index contributed by atoms with van der Waals surface area (Å²) in [6, 6.07) is 17.3. The smallest absolute Gasteiger partial charge is 0.260 e. The predicted octanol–water partition coefficient (Wildman–Crippen LogP) is 3.76. The van der Waals surface area contributed by atoms with Gasteiger partial charge in [0.25, 0.3) is 5.91 Å². The number of morpholine rings is 1. The minimum Gasteiger partial charge on any atom is -0.467 e. The van der Waals surface area contributed by atoms with E-state index in [1.807, 2.05) is 24.3 Å². The zero-order valence-corrected chi connectivity index (χ0v) is 19.2. The molecule has 0 aliphatic carbocycles. The van der Waals surface area contributed by atoms with Gasteiger partial charge in [0.05, 0.1) is 41.1 Å². The number of nitrogens with zero attached hydrogens (tertiary/aromatic N) is 3. The summed E-state index contributed by atoms with van der Waals surface area (Å²) in [5, 5.41) is 0.544. The third-order valence-corrected chi connectivity index (χ3v) is 8.33. The highest BCUT2D eigenvalue weighted by atomic mass is 32.2. The maximum atomic E-state index is 13.5. The fraction of sp³-hybridized carbons (Fsp3) is 0.217. The van der Waals surface area contributed by atoms with Gasteiger partial charge in [0.15, 0.2) is 5.13 Å². The molecule has 1 saturated heterocycles. The normalized spacial score (nSPS) is 15.0. The molecule has 2 aromatic heterocycles. The van der Waals surface area contributed by atoms with Crippen molar-refractivity contribution in [1.82, 2.24) is 9.29 Å². The maximum absolute atomic E-state index is 13.5. The molecule has 1 fully saturated rings. The van der Waals surface area contributed by atoms with Crippen LogP contribution >= 0.6 is 11.3 Å². The molecule has 0 N–H and O–H groups in total. The van der Waals surface area contributed by atoms with Crippen LogP contribution in [0.2, 0.25) is 0 Å². The molecule has 8 nitrogen and oxygen atoms in total. The molecular weight excluding hydrogens is 462 g/mol. The van der Waals surface area contributed by atoms with E-state index < -0.39 is 10.0 Å². The lowest BCUT2D eigenvalue weighted by atomic mass is 10.2. The van der Waals surface area contributed by atoms with Crippen LogP contribution in [0.5, 0.6) is 0 Å². The number of benzene rings is 2. The first kappa shape index (κ1) is 21.8. The quantitative estimate of drug-likeness (QED) is 0.415. The summed E-state index contributed by atoms with van der Waals surface area (Å²) in [6.45, 7) is 1.59. The summed E-state index contributed by atoms with van der Waals surface area (Å²) < 4.78 is 38.9. The molecule has 2 aromatic carbocycles. The molecule has 0 bridgehead atoms. The largest absolute Gasteiger partial charge is 0.467 e. The van der Waals surface area contributed by atoms with Crippen molar-refractivity contribution in [3.63, 3.8) is 0 Å². The summed E-state index contributed by atoms with van der Waals surface area (Å²) in [5.41, 5.74) is 1.17. The Kier molecular flexibility index (Phi) is 5.98. The average Bonchev–Trinajstić information content (AvgIpc) is 3.52. The lowest BCUT2D eigenvalue weighted by Crippen LogP contribution is -2.40. The van der Waals surface area contributed by atoms with E-state index in [9.17, 15) is 13.2 Å². The molecule has 1 aliphatic rings. The molecule has 0 unspecified atom stereocenters. The van der Waals surface area contributed by atoms with Crippen LogP contribution in [-0.2, 0) is 21.3 Å². The fourth-order valence-corrected chi connectivity index (χ4v) is 5.99. The van der Waals surface area contributed by atoms with Gasteiger partial charge < -0.3 is 9.15 Å². The van der Waals surface area contributed by atoms with Gasteiger partial charge >= 0.3 is 0 Å². The van der Waals surface area contributed by atoms with Gasteiger partial charge in [-0.05, 0) is 48.5 Å². The Bertz CT molecular complexity index is 1330. The molecule has 170 valence electrons. The standard InChI is InChI=1S/C23H21N3O5S2/c27-22(17-7-9-19(10-8-17)33(28,29)25-11-14-30-15-12-25)26(16-18-4-3-13-31-18)23-24-20-5-1-2-6-21(20)32-23/h1-10,13H,11-12,14-16H2. The summed E-state index contributed by atoms with van der Waals surface area (Å²) >= 11 is 1.41. The molecule has 0 spiro atoms. The van der Waals surface area contributed by atoms with Crippen molar-refractivity contribution in [2.24, 2.45) is 0 Å². The van der Waals surface area contributed by atoms with Crippen molar-refractivity contribution in [3.05, 3.63) is 78.3 Å². The van der Waals surface area contributed by atoms with E-state index in [2.05, 4.69) is 4.98 Å². The van der Waals surface area contributed by atoms with Crippen LogP contribution in [0.3, 0.4) is 0 Å². The van der Waals surface area contributed by atoms with Gasteiger partial charge in [-0.2, -0.15) is 4.31 Å². The number of hydrogen-bond donors (Lipinski definition) is 0. The molecule has 4 aromatic rings. The molecule has 3 heterocycles. The predicted molar refractivity (Wildman–Crippen MR) is 125 cm³/mol. The highest BCUT2D eigenvalue weighted by Crippen LogP contribution is 2.31. The van der Waals surface area contributed by atoms with Crippen molar-refractivity contribution >= 4 is 42.6 Å². The second kappa shape index (κ2) is 9.06. The van der Waals surface area contributed by atoms with Gasteiger partial charge in [0, 0.05) is 18.7 Å². The van der Waals surface area contributed by atoms with E-state index in [0.717, 1.165) is 10.2 Å². The van der Waals surface area contributed by atoms with Crippen molar-refractivity contribution in [2.75, 3.05) is 31.2 Å². The van der Waals surface area contributed by atoms with Crippen LogP contribution in [0.15, 0.2) is 76.2 Å². The van der Waals surface area contributed by atoms with Crippen LogP contribution in [0.25, 0.3) is 10.2 Å². The number of rotatable bonds is 6. The number of thiazole rings is 1. The van der Waals surface area contributed by atoms with Crippen molar-refractivity contribution in [3.8, 4) is 0 Å². The summed E-state index contributed by atoms with van der Waals surface area (Å²) in [5.74, 6) is 0.329. The molecule has 10 heteroatoms. The summed E-state index contributed by atoms with van der Waals surface area (Å²) in [6.07, 6.45) is 1.56. The number of carbonyl (C=O) groups is 1. The van der Waals surface area contributed by atoms with Crippen molar-refractivity contribution < 1.29 is 22.4 Å². The molecule has 33 heavy (non-hydrogen) atoms. The van der Waals surface area contributed by atoms with Crippen molar-refractivity contribution in [1.29, 1.82) is 0 Å². The fourth-order valence-electron chi connectivity index (χ4n) is 3.62. The van der Waals surface area contributed by atoms with E-state index >= 15 is 0 Å². The molecule has 0 radical (unpaired) electrons. The minimum atomic E-state index is -3.63. The first-order valence-electron chi connectivity index (χ1n) is 10.4. The second-order valence-electron chi connectivity index (χ2n) is 7.48. The van der Waals surface area contributed by atoms with Crippen LogP contribution in [0, 0.1) is 0 Å². The SMILES string of the molecule is O=C(c1ccc(S(=O)(=O)N2CCOCC2)cc1)N(Cc1ccco1)c1nc2ccccc2s1. The Morgan fingerprint density at radius 1 is 1.03 bits per heavy atom. The lowest BCUT2D eigenvalue weighted by Gasteiger charge is -2.26. The van der Waals surface area contributed by atoms with Gasteiger partial charge in [-0.15, -0.1) is 0 Å². The minimum absolute atomic E-state index is 0.151. The van der Waals surface area contributed by atoms with E-state index in [0.29, 0.717) is 42.8 Å². The van der Waals surface area contributed by atoms with E-state index in [1.54, 1.807) is 23.3 Å². The van der Waals surface area contributed by atoms with E-state index in [4.69, 9.17) is 9.15 Å². The molecule has 5 rings (SSSR count). The maximum Gasteiger partial charge on any atom is 0.260 e. The second-order valence-corrected chi connectivity index (χ2v) is 10.4. The van der Waals surface area contributed by atoms with Gasteiger partial charge in [-0.25, -0.2) is 13.4 Å². The third-order valence-electron chi connectivity index (χ3n) is 5.36. The lowest BCUT2D eigenvalue weighted by molar-refractivity contribution is 0.0730. The number of aromatic nitrogens is 1. The highest BCUT2D eigenvalue weighted by Gasteiger charge is 2.27. The molecule has 1 amide bonds. The monoisotopic (exact) mass is 483 g/mol. The number of hydrogen-bond acceptors (Lipinski definition) is 7. The van der Waals surface area contributed by atoms with Gasteiger partial charge in [-0.1, -0.05) is 23.5 Å². The number of anilines is 1. The van der Waals surface area contributed by atoms with Gasteiger partial charge in [-0.3, -0.25) is 9.69 Å². The Morgan fingerprint density at radius 2 is 1.79 bits per heavy atom. The van der Waals surface area contributed by atoms with Gasteiger partial charge in [0.2, 0.25) is 10.0 Å². The molecule has 1 aliphatic heterocycles. The topological polar surface area (TPSA) is 93.0 Å². The van der Waals surface area contributed by atoms with Crippen molar-refractivity contribution in [2.45, 2.75) is 11.4 Å².